The molecule has 290 valence electrons. The van der Waals surface area contributed by atoms with Gasteiger partial charge in [0, 0.05) is 13.2 Å². The van der Waals surface area contributed by atoms with Gasteiger partial charge in [-0.15, -0.1) is 0 Å². The van der Waals surface area contributed by atoms with Gasteiger partial charge in [0.05, 0.1) is 34.4 Å². The molecule has 0 bridgehead atoms. The highest BCUT2D eigenvalue weighted by Crippen LogP contribution is 2.38. The molecule has 2 unspecified atom stereocenters. The molecule has 6 nitrogen and oxygen atoms in total. The van der Waals surface area contributed by atoms with Crippen LogP contribution < -0.4 is 4.89 Å². The lowest BCUT2D eigenvalue weighted by molar-refractivity contribution is -0.870. The number of nitrogens with zero attached hydrogens (tertiary/aromatic N) is 1. The van der Waals surface area contributed by atoms with Crippen molar-refractivity contribution in [2.75, 3.05) is 60.7 Å². The zero-order valence-electron chi connectivity index (χ0n) is 33.0. The van der Waals surface area contributed by atoms with E-state index in [-0.39, 0.29) is 12.7 Å². The topological polar surface area (TPSA) is 60.0 Å². The number of unbranched alkanes of at least 4 members (excludes halogenated alkanes) is 26. The van der Waals surface area contributed by atoms with E-state index in [1.807, 2.05) is 0 Å². The van der Waals surface area contributed by atoms with Gasteiger partial charge in [0.2, 0.25) is 0 Å². The van der Waals surface area contributed by atoms with Crippen molar-refractivity contribution in [3.8, 4) is 0 Å². The van der Waals surface area contributed by atoms with E-state index >= 15 is 0 Å². The van der Waals surface area contributed by atoms with Crippen LogP contribution in [0.3, 0.4) is 0 Å². The molecule has 0 amide bonds. The molecule has 0 rings (SSSR count). The predicted octanol–water partition coefficient (Wildman–Crippen LogP) is 11.7. The predicted molar refractivity (Wildman–Crippen MR) is 210 cm³/mol. The summed E-state index contributed by atoms with van der Waals surface area (Å²) in [6.45, 7) is 4.01. The van der Waals surface area contributed by atoms with Gasteiger partial charge in [-0.25, -0.2) is 0 Å². The molecule has 0 fully saturated rings. The van der Waals surface area contributed by atoms with Crippen LogP contribution in [0.25, 0.3) is 0 Å². The minimum atomic E-state index is -3.55. The summed E-state index contributed by atoms with van der Waals surface area (Å²) in [6, 6.07) is 0. The van der Waals surface area contributed by atoms with E-state index in [1.54, 1.807) is 0 Å². The summed E-state index contributed by atoms with van der Waals surface area (Å²) in [5.41, 5.74) is 0. The molecule has 0 spiro atoms. The fraction of sp³-hybridized carbons (Fsp3) is 1.00. The molecule has 0 aromatic heterocycles. The molecule has 8 heteroatoms. The zero-order valence-corrected chi connectivity index (χ0v) is 34.7. The molecule has 0 aromatic carbocycles. The van der Waals surface area contributed by atoms with Crippen molar-refractivity contribution in [2.24, 2.45) is 0 Å². The van der Waals surface area contributed by atoms with Crippen molar-refractivity contribution in [3.05, 3.63) is 0 Å². The highest BCUT2D eigenvalue weighted by Gasteiger charge is 2.15. The van der Waals surface area contributed by atoms with E-state index < -0.39 is 6.72 Å². The van der Waals surface area contributed by atoms with Crippen LogP contribution in [0.2, 0.25) is 0 Å². The third kappa shape index (κ3) is 39.2. The van der Waals surface area contributed by atoms with Crippen LogP contribution in [0.5, 0.6) is 0 Å². The third-order valence-corrected chi connectivity index (χ3v) is 10.8. The molecule has 0 radical (unpaired) electrons. The average molecular weight is 722 g/mol. The molecule has 0 aliphatic carbocycles. The van der Waals surface area contributed by atoms with Gasteiger partial charge in [-0.2, -0.15) is 0 Å². The van der Waals surface area contributed by atoms with E-state index in [4.69, 9.17) is 30.3 Å². The average Bonchev–Trinajstić information content (AvgIpc) is 3.04. The molecule has 0 heterocycles. The smallest absolute Gasteiger partial charge is 0.115 e. The number of ether oxygens (including phenoxy) is 2. The molecule has 0 saturated heterocycles. The first-order chi connectivity index (χ1) is 23.2. The Bertz CT molecular complexity index is 693. The maximum absolute atomic E-state index is 12.7. The Balaban J connectivity index is 4.08. The van der Waals surface area contributed by atoms with Crippen molar-refractivity contribution >= 4 is 18.5 Å². The lowest BCUT2D eigenvalue weighted by Crippen LogP contribution is -2.37. The standard InChI is InChI=1S/C40H84NO5PS/c1-6-8-10-12-14-16-18-20-22-24-26-28-30-32-35-43-38-40(39-46-47(42,48)45-37-34-41(3,4)5)44-36-33-31-29-27-25-23-21-19-17-15-13-11-9-7-2/h40H,6-39H2,1-5H3. The van der Waals surface area contributed by atoms with Crippen molar-refractivity contribution in [1.29, 1.82) is 0 Å². The second-order valence-corrected chi connectivity index (χ2v) is 18.1. The van der Waals surface area contributed by atoms with Gasteiger partial charge in [-0.05, 0) is 12.8 Å². The van der Waals surface area contributed by atoms with E-state index in [1.165, 1.54) is 167 Å². The summed E-state index contributed by atoms with van der Waals surface area (Å²) in [4.78, 5) is 12.7. The molecule has 48 heavy (non-hydrogen) atoms. The van der Waals surface area contributed by atoms with E-state index in [0.29, 0.717) is 30.8 Å². The van der Waals surface area contributed by atoms with E-state index in [2.05, 4.69) is 35.0 Å². The van der Waals surface area contributed by atoms with Crippen LogP contribution in [-0.2, 0) is 30.3 Å². The van der Waals surface area contributed by atoms with Crippen LogP contribution >= 0.6 is 6.72 Å². The highest BCUT2D eigenvalue weighted by molar-refractivity contribution is 8.06. The molecule has 0 N–H and O–H groups in total. The third-order valence-electron chi connectivity index (χ3n) is 9.23. The summed E-state index contributed by atoms with van der Waals surface area (Å²) in [6.07, 6.45) is 37.3. The Hall–Kier alpha value is 0.410. The monoisotopic (exact) mass is 722 g/mol. The molecule has 0 aliphatic rings. The van der Waals surface area contributed by atoms with Gasteiger partial charge < -0.3 is 27.9 Å². The molecular formula is C40H84NO5PS. The second-order valence-electron chi connectivity index (χ2n) is 15.4. The van der Waals surface area contributed by atoms with Gasteiger partial charge in [0.15, 0.2) is 0 Å². The Morgan fingerprint density at radius 3 is 1.21 bits per heavy atom. The van der Waals surface area contributed by atoms with Crippen LogP contribution in [0.15, 0.2) is 0 Å². The summed E-state index contributed by atoms with van der Waals surface area (Å²) >= 11 is 5.16. The quantitative estimate of drug-likeness (QED) is 0.0357. The lowest BCUT2D eigenvalue weighted by atomic mass is 10.0. The Labute approximate surface area is 306 Å². The SMILES string of the molecule is CCCCCCCCCCCCCCCCOCC(COP([O-])(=S)OCC[N+](C)(C)C)OCCCCCCCCCCCCCCCC. The lowest BCUT2D eigenvalue weighted by Gasteiger charge is -2.31. The van der Waals surface area contributed by atoms with Crippen LogP contribution in [0.4, 0.5) is 0 Å². The first kappa shape index (κ1) is 48.4. The maximum Gasteiger partial charge on any atom is 0.115 e. The molecular weight excluding hydrogens is 637 g/mol. The van der Waals surface area contributed by atoms with Crippen LogP contribution in [0.1, 0.15) is 194 Å². The van der Waals surface area contributed by atoms with Gasteiger partial charge >= 0.3 is 0 Å². The molecule has 0 aliphatic heterocycles. The summed E-state index contributed by atoms with van der Waals surface area (Å²) in [5.74, 6) is 0. The molecule has 0 aromatic rings. The minimum absolute atomic E-state index is 0.141. The minimum Gasteiger partial charge on any atom is -0.780 e. The van der Waals surface area contributed by atoms with Crippen molar-refractivity contribution < 1.29 is 27.9 Å². The maximum atomic E-state index is 12.7. The fourth-order valence-electron chi connectivity index (χ4n) is 5.94. The van der Waals surface area contributed by atoms with E-state index in [9.17, 15) is 4.89 Å². The highest BCUT2D eigenvalue weighted by atomic mass is 32.5. The van der Waals surface area contributed by atoms with E-state index in [0.717, 1.165) is 19.4 Å². The van der Waals surface area contributed by atoms with Crippen molar-refractivity contribution in [3.63, 3.8) is 0 Å². The number of hydrogen-bond donors (Lipinski definition) is 0. The van der Waals surface area contributed by atoms with Gasteiger partial charge in [0.1, 0.15) is 26.0 Å². The number of likely N-dealkylation sites (N-methyl/N-ethyl adjacent to an activating group) is 1. The Kier molecular flexibility index (Phi) is 36.1. The molecule has 2 atom stereocenters. The fourth-order valence-corrected chi connectivity index (χ4v) is 7.08. The van der Waals surface area contributed by atoms with Gasteiger partial charge in [0.25, 0.3) is 0 Å². The first-order valence-electron chi connectivity index (χ1n) is 20.8. The van der Waals surface area contributed by atoms with Crippen molar-refractivity contribution in [2.45, 2.75) is 200 Å². The summed E-state index contributed by atoms with van der Waals surface area (Å²) < 4.78 is 23.9. The van der Waals surface area contributed by atoms with Gasteiger partial charge in [-0.1, -0.05) is 193 Å². The molecule has 0 saturated carbocycles. The second kappa shape index (κ2) is 35.8. The van der Waals surface area contributed by atoms with Gasteiger partial charge in [-0.3, -0.25) is 0 Å². The number of hydrogen-bond acceptors (Lipinski definition) is 6. The Morgan fingerprint density at radius 2 is 0.833 bits per heavy atom. The largest absolute Gasteiger partial charge is 0.780 e. The van der Waals surface area contributed by atoms with Crippen LogP contribution in [0, 0.1) is 0 Å². The first-order valence-corrected chi connectivity index (χ1v) is 23.4. The summed E-state index contributed by atoms with van der Waals surface area (Å²) in [5, 5.41) is 0. The number of quaternary nitrogens is 1. The normalized spacial score (nSPS) is 14.0. The number of rotatable bonds is 40. The van der Waals surface area contributed by atoms with Crippen molar-refractivity contribution in [1.82, 2.24) is 0 Å². The summed E-state index contributed by atoms with van der Waals surface area (Å²) in [7, 11) is 6.19. The zero-order chi connectivity index (χ0) is 35.4. The Morgan fingerprint density at radius 1 is 0.479 bits per heavy atom. The van der Waals surface area contributed by atoms with Crippen LogP contribution in [-0.4, -0.2) is 71.3 Å².